The Hall–Kier alpha value is -2.58. The van der Waals surface area contributed by atoms with Crippen LogP contribution in [0, 0.1) is 18.7 Å². The summed E-state index contributed by atoms with van der Waals surface area (Å²) < 4.78 is 44.5. The molecule has 9 heteroatoms. The van der Waals surface area contributed by atoms with Crippen LogP contribution in [-0.2, 0) is 11.2 Å². The number of halogens is 3. The number of rotatable bonds is 8. The van der Waals surface area contributed by atoms with E-state index in [0.29, 0.717) is 37.0 Å². The fraction of sp³-hybridized carbons (Fsp3) is 0.690. The van der Waals surface area contributed by atoms with E-state index in [1.54, 1.807) is 12.1 Å². The molecule has 1 aromatic carbocycles. The molecule has 6 nitrogen and oxygen atoms in total. The molecule has 1 aliphatic carbocycles. The number of carbonyl (C=O) groups is 1. The van der Waals surface area contributed by atoms with Gasteiger partial charge in [-0.15, -0.1) is 10.2 Å². The SMILES string of the molecule is Cc1nnc(C(C)C)n1C1C[C@@H]2CC[C@@H](C1)N2c1c(F)cccc1CCCNC(=O)C1CCC(F)(F)CC1. The maximum atomic E-state index is 15.4. The summed E-state index contributed by atoms with van der Waals surface area (Å²) in [5, 5.41) is 11.7. The lowest BCUT2D eigenvalue weighted by atomic mass is 9.86. The van der Waals surface area contributed by atoms with Crippen molar-refractivity contribution in [1.82, 2.24) is 20.1 Å². The number of piperidine rings is 1. The van der Waals surface area contributed by atoms with Crippen molar-refractivity contribution in [2.75, 3.05) is 11.4 Å². The van der Waals surface area contributed by atoms with E-state index in [-0.39, 0.29) is 55.4 Å². The van der Waals surface area contributed by atoms with Crippen LogP contribution in [0.25, 0.3) is 0 Å². The molecule has 2 saturated heterocycles. The van der Waals surface area contributed by atoms with Crippen LogP contribution in [0.5, 0.6) is 0 Å². The first-order chi connectivity index (χ1) is 18.1. The number of benzene rings is 1. The van der Waals surface area contributed by atoms with Gasteiger partial charge in [0.2, 0.25) is 11.8 Å². The molecule has 2 atom stereocenters. The fourth-order valence-electron chi connectivity index (χ4n) is 6.94. The second kappa shape index (κ2) is 10.9. The summed E-state index contributed by atoms with van der Waals surface area (Å²) in [5.74, 6) is -1.02. The Morgan fingerprint density at radius 3 is 2.42 bits per heavy atom. The van der Waals surface area contributed by atoms with Gasteiger partial charge in [-0.2, -0.15) is 0 Å². The molecule has 0 radical (unpaired) electrons. The van der Waals surface area contributed by atoms with Crippen LogP contribution >= 0.6 is 0 Å². The van der Waals surface area contributed by atoms with Gasteiger partial charge >= 0.3 is 0 Å². The minimum Gasteiger partial charge on any atom is -0.363 e. The van der Waals surface area contributed by atoms with E-state index in [1.165, 1.54) is 0 Å². The maximum Gasteiger partial charge on any atom is 0.248 e. The van der Waals surface area contributed by atoms with Crippen molar-refractivity contribution in [2.45, 2.75) is 115 Å². The highest BCUT2D eigenvalue weighted by molar-refractivity contribution is 5.78. The minimum absolute atomic E-state index is 0.134. The Balaban J connectivity index is 1.23. The van der Waals surface area contributed by atoms with Crippen LogP contribution < -0.4 is 10.2 Å². The lowest BCUT2D eigenvalue weighted by Gasteiger charge is -2.42. The molecule has 1 amide bonds. The van der Waals surface area contributed by atoms with Gasteiger partial charge in [-0.3, -0.25) is 4.79 Å². The molecule has 1 N–H and O–H groups in total. The average Bonchev–Trinajstić information content (AvgIpc) is 3.37. The van der Waals surface area contributed by atoms with E-state index < -0.39 is 5.92 Å². The second-order valence-electron chi connectivity index (χ2n) is 11.8. The molecule has 2 bridgehead atoms. The molecule has 3 heterocycles. The molecular weight excluding hydrogens is 491 g/mol. The number of para-hydroxylation sites is 1. The van der Waals surface area contributed by atoms with Crippen LogP contribution in [-0.4, -0.2) is 45.2 Å². The standard InChI is InChI=1S/C29H40F3N5O/c1-18(2)27-35-34-19(3)36(27)24-16-22-9-10-23(17-24)37(22)26-20(6-4-8-25(26)30)7-5-15-33-28(38)21-11-13-29(31,32)14-12-21/h4,6,8,18,21-24H,5,7,9-17H2,1-3H3,(H,33,38)/t22-,23-/m0/s1. The van der Waals surface area contributed by atoms with Gasteiger partial charge in [-0.1, -0.05) is 26.0 Å². The van der Waals surface area contributed by atoms with Crippen molar-refractivity contribution in [3.05, 3.63) is 41.2 Å². The molecule has 3 aliphatic rings. The third kappa shape index (κ3) is 5.43. The number of hydrogen-bond acceptors (Lipinski definition) is 4. The quantitative estimate of drug-likeness (QED) is 0.419. The van der Waals surface area contributed by atoms with Gasteiger partial charge in [-0.25, -0.2) is 13.2 Å². The Bertz CT molecular complexity index is 1130. The number of fused-ring (bicyclic) bond motifs is 2. The van der Waals surface area contributed by atoms with Crippen molar-refractivity contribution >= 4 is 11.6 Å². The summed E-state index contributed by atoms with van der Waals surface area (Å²) in [7, 11) is 0. The van der Waals surface area contributed by atoms with Gasteiger partial charge in [0.25, 0.3) is 0 Å². The summed E-state index contributed by atoms with van der Waals surface area (Å²) >= 11 is 0. The summed E-state index contributed by atoms with van der Waals surface area (Å²) in [6.07, 6.45) is 5.34. The lowest BCUT2D eigenvalue weighted by Crippen LogP contribution is -2.45. The molecular formula is C29H40F3N5O. The molecule has 1 saturated carbocycles. The topological polar surface area (TPSA) is 63.1 Å². The molecule has 208 valence electrons. The van der Waals surface area contributed by atoms with Gasteiger partial charge in [0.15, 0.2) is 0 Å². The summed E-state index contributed by atoms with van der Waals surface area (Å²) in [4.78, 5) is 14.8. The zero-order chi connectivity index (χ0) is 27.0. The number of aromatic nitrogens is 3. The smallest absolute Gasteiger partial charge is 0.248 e. The highest BCUT2D eigenvalue weighted by Gasteiger charge is 2.44. The lowest BCUT2D eigenvalue weighted by molar-refractivity contribution is -0.129. The van der Waals surface area contributed by atoms with Crippen LogP contribution in [0.4, 0.5) is 18.9 Å². The van der Waals surface area contributed by atoms with E-state index in [2.05, 4.69) is 38.8 Å². The van der Waals surface area contributed by atoms with Gasteiger partial charge in [0, 0.05) is 49.3 Å². The van der Waals surface area contributed by atoms with Gasteiger partial charge in [0.1, 0.15) is 17.5 Å². The van der Waals surface area contributed by atoms with E-state index in [9.17, 15) is 13.6 Å². The minimum atomic E-state index is -2.64. The Kier molecular flexibility index (Phi) is 7.74. The summed E-state index contributed by atoms with van der Waals surface area (Å²) in [6, 6.07) is 6.16. The molecule has 2 aliphatic heterocycles. The Labute approximate surface area is 223 Å². The third-order valence-corrected chi connectivity index (χ3v) is 8.82. The monoisotopic (exact) mass is 531 g/mol. The van der Waals surface area contributed by atoms with E-state index >= 15 is 4.39 Å². The number of nitrogens with one attached hydrogen (secondary N) is 1. The largest absolute Gasteiger partial charge is 0.363 e. The first kappa shape index (κ1) is 27.0. The molecule has 3 fully saturated rings. The van der Waals surface area contributed by atoms with Crippen LogP contribution in [0.15, 0.2) is 18.2 Å². The normalized spacial score (nSPS) is 25.2. The van der Waals surface area contributed by atoms with Gasteiger partial charge in [-0.05, 0) is 69.9 Å². The Morgan fingerprint density at radius 2 is 1.76 bits per heavy atom. The molecule has 0 unspecified atom stereocenters. The maximum absolute atomic E-state index is 15.4. The second-order valence-corrected chi connectivity index (χ2v) is 11.8. The first-order valence-corrected chi connectivity index (χ1v) is 14.3. The number of nitrogens with zero attached hydrogens (tertiary/aromatic N) is 4. The predicted octanol–water partition coefficient (Wildman–Crippen LogP) is 6.10. The summed E-state index contributed by atoms with van der Waals surface area (Å²) in [6.45, 7) is 6.77. The van der Waals surface area contributed by atoms with Crippen LogP contribution in [0.3, 0.4) is 0 Å². The van der Waals surface area contributed by atoms with E-state index in [1.807, 2.05) is 13.0 Å². The van der Waals surface area contributed by atoms with Crippen molar-refractivity contribution in [3.63, 3.8) is 0 Å². The summed E-state index contributed by atoms with van der Waals surface area (Å²) in [5.41, 5.74) is 1.68. The van der Waals surface area contributed by atoms with Gasteiger partial charge < -0.3 is 14.8 Å². The fourth-order valence-corrected chi connectivity index (χ4v) is 6.94. The zero-order valence-electron chi connectivity index (χ0n) is 22.7. The van der Waals surface area contributed by atoms with Crippen molar-refractivity contribution in [2.24, 2.45) is 5.92 Å². The van der Waals surface area contributed by atoms with E-state index in [4.69, 9.17) is 0 Å². The number of amides is 1. The van der Waals surface area contributed by atoms with Crippen LogP contribution in [0.2, 0.25) is 0 Å². The first-order valence-electron chi connectivity index (χ1n) is 14.3. The molecule has 0 spiro atoms. The van der Waals surface area contributed by atoms with Gasteiger partial charge in [0.05, 0.1) is 5.69 Å². The van der Waals surface area contributed by atoms with Crippen molar-refractivity contribution in [3.8, 4) is 0 Å². The van der Waals surface area contributed by atoms with Crippen LogP contribution in [0.1, 0.15) is 101 Å². The third-order valence-electron chi connectivity index (χ3n) is 8.82. The highest BCUT2D eigenvalue weighted by Crippen LogP contribution is 2.46. The number of aryl methyl sites for hydroxylation is 2. The van der Waals surface area contributed by atoms with Crippen molar-refractivity contribution < 1.29 is 18.0 Å². The molecule has 38 heavy (non-hydrogen) atoms. The Morgan fingerprint density at radius 1 is 1.08 bits per heavy atom. The van der Waals surface area contributed by atoms with Crippen molar-refractivity contribution in [1.29, 1.82) is 0 Å². The highest BCUT2D eigenvalue weighted by atomic mass is 19.3. The zero-order valence-corrected chi connectivity index (χ0v) is 22.7. The number of hydrogen-bond donors (Lipinski definition) is 1. The molecule has 2 aromatic rings. The number of alkyl halides is 2. The molecule has 5 rings (SSSR count). The number of anilines is 1. The van der Waals surface area contributed by atoms with E-state index in [0.717, 1.165) is 42.9 Å². The predicted molar refractivity (Wildman–Crippen MR) is 141 cm³/mol. The average molecular weight is 532 g/mol. The number of carbonyl (C=O) groups excluding carboxylic acids is 1. The molecule has 1 aromatic heterocycles.